The Morgan fingerprint density at radius 2 is 2.10 bits per heavy atom. The van der Waals surface area contributed by atoms with Gasteiger partial charge in [0.05, 0.1) is 53.3 Å². The van der Waals surface area contributed by atoms with E-state index in [1.807, 2.05) is 11.9 Å². The van der Waals surface area contributed by atoms with Crippen LogP contribution >= 0.6 is 11.3 Å². The van der Waals surface area contributed by atoms with Crippen molar-refractivity contribution in [1.29, 1.82) is 0 Å². The molecule has 0 saturated carbocycles. The predicted molar refractivity (Wildman–Crippen MR) is 146 cm³/mol. The second kappa shape index (κ2) is 12.1. The van der Waals surface area contributed by atoms with E-state index in [1.54, 1.807) is 18.2 Å². The van der Waals surface area contributed by atoms with Crippen LogP contribution in [0.5, 0.6) is 5.75 Å². The number of aromatic nitrogens is 1. The van der Waals surface area contributed by atoms with E-state index in [1.165, 1.54) is 26.4 Å². The second-order valence-electron chi connectivity index (χ2n) is 9.21. The Hall–Kier alpha value is -3.56. The van der Waals surface area contributed by atoms with Crippen LogP contribution < -0.4 is 20.7 Å². The van der Waals surface area contributed by atoms with E-state index in [2.05, 4.69) is 32.8 Å². The minimum Gasteiger partial charge on any atom is -0.494 e. The Balaban J connectivity index is 1.59. The maximum absolute atomic E-state index is 14.7. The third-order valence-electron chi connectivity index (χ3n) is 6.40. The number of piperidine rings is 1. The van der Waals surface area contributed by atoms with Gasteiger partial charge in [0.2, 0.25) is 0 Å². The van der Waals surface area contributed by atoms with Crippen LogP contribution in [0.2, 0.25) is 0 Å². The number of hydrogen-bond acceptors (Lipinski definition) is 7. The highest BCUT2D eigenvalue weighted by molar-refractivity contribution is 7.20. The number of thiophene rings is 1. The van der Waals surface area contributed by atoms with Gasteiger partial charge >= 0.3 is 6.18 Å². The number of nitrogens with zero attached hydrogens (tertiary/aromatic N) is 2. The standard InChI is InChI=1S/C27H29F4N5O2S/c1-32-26(37)21-12-23(38-3)22(14-34-21)33-10-5-8-24-17(13-27(29,30)31)16-6-4-7-20(25(16)39-24)35-19-9-11-36(2)15-18(19)28/h4,6-7,12,14,18-19,33,35H,9-11,13,15H2,1-3H3,(H,32,37)/t18-,19+/m0/s1. The molecule has 1 aromatic carbocycles. The molecule has 1 amide bonds. The number of rotatable bonds is 7. The van der Waals surface area contributed by atoms with Crippen molar-refractivity contribution in [2.75, 3.05) is 51.5 Å². The molecule has 1 aliphatic rings. The highest BCUT2D eigenvalue weighted by atomic mass is 32.1. The summed E-state index contributed by atoms with van der Waals surface area (Å²) in [5, 5.41) is 9.20. The number of halogens is 4. The molecule has 12 heteroatoms. The van der Waals surface area contributed by atoms with Gasteiger partial charge in [0.25, 0.3) is 5.91 Å². The fourth-order valence-corrected chi connectivity index (χ4v) is 5.61. The van der Waals surface area contributed by atoms with Gasteiger partial charge in [0.1, 0.15) is 17.6 Å². The fourth-order valence-electron chi connectivity index (χ4n) is 4.43. The molecular formula is C27H29F4N5O2S. The van der Waals surface area contributed by atoms with E-state index >= 15 is 0 Å². The van der Waals surface area contributed by atoms with E-state index in [-0.39, 0.29) is 23.7 Å². The predicted octanol–water partition coefficient (Wildman–Crippen LogP) is 4.69. The van der Waals surface area contributed by atoms with Gasteiger partial charge in [-0.2, -0.15) is 13.2 Å². The molecule has 0 radical (unpaired) electrons. The lowest BCUT2D eigenvalue weighted by Crippen LogP contribution is -2.46. The summed E-state index contributed by atoms with van der Waals surface area (Å²) in [6.45, 7) is 1.13. The summed E-state index contributed by atoms with van der Waals surface area (Å²) in [5.41, 5.74) is 1.37. The first kappa shape index (κ1) is 28.4. The molecule has 208 valence electrons. The third-order valence-corrected chi connectivity index (χ3v) is 7.59. The van der Waals surface area contributed by atoms with Crippen LogP contribution in [-0.2, 0) is 6.42 Å². The summed E-state index contributed by atoms with van der Waals surface area (Å²) in [4.78, 5) is 18.1. The summed E-state index contributed by atoms with van der Waals surface area (Å²) in [6, 6.07) is 6.15. The summed E-state index contributed by atoms with van der Waals surface area (Å²) in [7, 11) is 4.80. The Labute approximate surface area is 227 Å². The summed E-state index contributed by atoms with van der Waals surface area (Å²) >= 11 is 1.16. The molecule has 3 heterocycles. The Kier molecular flexibility index (Phi) is 8.82. The molecule has 3 N–H and O–H groups in total. The molecule has 4 rings (SSSR count). The highest BCUT2D eigenvalue weighted by Gasteiger charge is 2.32. The van der Waals surface area contributed by atoms with Crippen LogP contribution in [0.25, 0.3) is 10.1 Å². The van der Waals surface area contributed by atoms with Gasteiger partial charge in [-0.05, 0) is 30.5 Å². The number of carbonyl (C=O) groups excluding carboxylic acids is 1. The molecule has 1 saturated heterocycles. The molecule has 0 bridgehead atoms. The summed E-state index contributed by atoms with van der Waals surface area (Å²) < 4.78 is 61.2. The van der Waals surface area contributed by atoms with Crippen LogP contribution in [-0.4, -0.2) is 75.0 Å². The molecule has 0 unspecified atom stereocenters. The first-order chi connectivity index (χ1) is 18.6. The van der Waals surface area contributed by atoms with Crippen molar-refractivity contribution in [3.8, 4) is 17.6 Å². The monoisotopic (exact) mass is 563 g/mol. The van der Waals surface area contributed by atoms with E-state index in [0.717, 1.165) is 17.9 Å². The number of carbonyl (C=O) groups is 1. The minimum atomic E-state index is -4.42. The maximum Gasteiger partial charge on any atom is 0.393 e. The lowest BCUT2D eigenvalue weighted by molar-refractivity contribution is -0.126. The van der Waals surface area contributed by atoms with Gasteiger partial charge in [-0.15, -0.1) is 11.3 Å². The van der Waals surface area contributed by atoms with E-state index in [0.29, 0.717) is 45.1 Å². The zero-order chi connectivity index (χ0) is 28.2. The smallest absolute Gasteiger partial charge is 0.393 e. The lowest BCUT2D eigenvalue weighted by Gasteiger charge is -2.33. The van der Waals surface area contributed by atoms with Crippen molar-refractivity contribution in [2.45, 2.75) is 31.2 Å². The van der Waals surface area contributed by atoms with Gasteiger partial charge in [-0.25, -0.2) is 9.37 Å². The SMILES string of the molecule is CNC(=O)c1cc(OC)c(NCC#Cc2sc3c(N[C@@H]4CCN(C)C[C@@H]4F)cccc3c2CC(F)(F)F)cn1. The quantitative estimate of drug-likeness (QED) is 0.286. The lowest BCUT2D eigenvalue weighted by atomic mass is 10.0. The van der Waals surface area contributed by atoms with Crippen molar-refractivity contribution in [3.05, 3.63) is 46.6 Å². The Bertz CT molecular complexity index is 1400. The van der Waals surface area contributed by atoms with Gasteiger partial charge in [0.15, 0.2) is 0 Å². The van der Waals surface area contributed by atoms with Gasteiger partial charge in [-0.1, -0.05) is 24.0 Å². The van der Waals surface area contributed by atoms with Crippen molar-refractivity contribution in [3.63, 3.8) is 0 Å². The van der Waals surface area contributed by atoms with Crippen LogP contribution in [0, 0.1) is 11.8 Å². The number of anilines is 2. The second-order valence-corrected chi connectivity index (χ2v) is 10.2. The largest absolute Gasteiger partial charge is 0.494 e. The van der Waals surface area contributed by atoms with E-state index < -0.39 is 24.8 Å². The normalized spacial score (nSPS) is 17.8. The molecule has 2 atom stereocenters. The number of nitrogens with one attached hydrogen (secondary N) is 3. The maximum atomic E-state index is 14.7. The van der Waals surface area contributed by atoms with Gasteiger partial charge < -0.3 is 25.6 Å². The Morgan fingerprint density at radius 1 is 1.31 bits per heavy atom. The molecule has 3 aromatic rings. The molecule has 1 fully saturated rings. The van der Waals surface area contributed by atoms with Gasteiger partial charge in [0, 0.05) is 26.2 Å². The number of pyridine rings is 1. The molecule has 2 aromatic heterocycles. The number of methoxy groups -OCH3 is 1. The average molecular weight is 564 g/mol. The number of benzene rings is 1. The molecule has 0 aliphatic carbocycles. The summed E-state index contributed by atoms with van der Waals surface area (Å²) in [5.74, 6) is 5.78. The van der Waals surface area contributed by atoms with Gasteiger partial charge in [-0.3, -0.25) is 4.79 Å². The van der Waals surface area contributed by atoms with Crippen molar-refractivity contribution >= 4 is 38.7 Å². The Morgan fingerprint density at radius 3 is 2.79 bits per heavy atom. The number of ether oxygens (including phenoxy) is 1. The number of fused-ring (bicyclic) bond motifs is 1. The summed E-state index contributed by atoms with van der Waals surface area (Å²) in [6.07, 6.45) is -4.60. The van der Waals surface area contributed by atoms with Crippen molar-refractivity contribution < 1.29 is 27.1 Å². The van der Waals surface area contributed by atoms with E-state index in [9.17, 15) is 22.4 Å². The zero-order valence-electron chi connectivity index (χ0n) is 21.7. The molecule has 7 nitrogen and oxygen atoms in total. The van der Waals surface area contributed by atoms with Crippen LogP contribution in [0.1, 0.15) is 27.3 Å². The zero-order valence-corrected chi connectivity index (χ0v) is 22.5. The first-order valence-corrected chi connectivity index (χ1v) is 13.1. The number of amides is 1. The molecule has 1 aliphatic heterocycles. The molecule has 39 heavy (non-hydrogen) atoms. The number of hydrogen-bond donors (Lipinski definition) is 3. The number of alkyl halides is 4. The fraction of sp³-hybridized carbons (Fsp3) is 0.407. The van der Waals surface area contributed by atoms with Crippen LogP contribution in [0.3, 0.4) is 0 Å². The number of likely N-dealkylation sites (tertiary alicyclic amines) is 1. The van der Waals surface area contributed by atoms with E-state index in [4.69, 9.17) is 4.74 Å². The average Bonchev–Trinajstić information content (AvgIpc) is 3.24. The van der Waals surface area contributed by atoms with Crippen molar-refractivity contribution in [2.24, 2.45) is 0 Å². The minimum absolute atomic E-state index is 0.0985. The topological polar surface area (TPSA) is 78.5 Å². The third kappa shape index (κ3) is 6.91. The highest BCUT2D eigenvalue weighted by Crippen LogP contribution is 2.39. The van der Waals surface area contributed by atoms with Crippen LogP contribution in [0.4, 0.5) is 28.9 Å². The molecular weight excluding hydrogens is 534 g/mol. The van der Waals surface area contributed by atoms with Crippen LogP contribution in [0.15, 0.2) is 30.5 Å². The molecule has 0 spiro atoms. The first-order valence-electron chi connectivity index (χ1n) is 12.3. The van der Waals surface area contributed by atoms with Crippen molar-refractivity contribution in [1.82, 2.24) is 15.2 Å².